The van der Waals surface area contributed by atoms with Crippen molar-refractivity contribution in [3.8, 4) is 0 Å². The average molecular weight is 426 g/mol. The number of anilines is 1. The second-order valence-electron chi connectivity index (χ2n) is 7.72. The molecule has 1 aromatic rings. The van der Waals surface area contributed by atoms with Crippen LogP contribution in [-0.2, 0) is 6.18 Å². The number of benzene rings is 1. The van der Waals surface area contributed by atoms with Crippen molar-refractivity contribution in [3.63, 3.8) is 0 Å². The number of alkyl halides is 3. The zero-order valence-corrected chi connectivity index (χ0v) is 17.0. The number of carbonyl (C=O) groups is 1. The molecule has 2 heterocycles. The molecule has 2 aliphatic rings. The lowest BCUT2D eigenvalue weighted by atomic mass is 9.99. The highest BCUT2D eigenvalue weighted by atomic mass is 19.4. The number of halogens is 4. The quantitative estimate of drug-likeness (QED) is 0.709. The number of rotatable bonds is 5. The van der Waals surface area contributed by atoms with E-state index in [1.807, 2.05) is 12.3 Å². The zero-order chi connectivity index (χ0) is 21.9. The van der Waals surface area contributed by atoms with E-state index < -0.39 is 29.3 Å². The molecule has 30 heavy (non-hydrogen) atoms. The molecule has 2 unspecified atom stereocenters. The molecule has 1 N–H and O–H groups in total. The summed E-state index contributed by atoms with van der Waals surface area (Å²) < 4.78 is 53.0. The lowest BCUT2D eigenvalue weighted by Gasteiger charge is -2.29. The molecule has 0 aliphatic carbocycles. The first kappa shape index (κ1) is 22.3. The van der Waals surface area contributed by atoms with Gasteiger partial charge in [-0.3, -0.25) is 9.89 Å². The van der Waals surface area contributed by atoms with Crippen molar-refractivity contribution in [1.82, 2.24) is 9.80 Å². The van der Waals surface area contributed by atoms with Crippen LogP contribution in [0.2, 0.25) is 0 Å². The summed E-state index contributed by atoms with van der Waals surface area (Å²) in [5.41, 5.74) is -0.568. The maximum absolute atomic E-state index is 14.3. The Morgan fingerprint density at radius 1 is 1.37 bits per heavy atom. The van der Waals surface area contributed by atoms with Crippen molar-refractivity contribution in [2.45, 2.75) is 32.5 Å². The van der Waals surface area contributed by atoms with E-state index in [-0.39, 0.29) is 6.04 Å². The van der Waals surface area contributed by atoms with Crippen LogP contribution in [0.4, 0.5) is 28.0 Å². The van der Waals surface area contributed by atoms with Crippen LogP contribution in [-0.4, -0.2) is 60.8 Å². The molecule has 2 amide bonds. The molecule has 3 rings (SSSR count). The molecule has 1 aromatic carbocycles. The minimum atomic E-state index is -4.82. The normalized spacial score (nSPS) is 22.1. The fourth-order valence-corrected chi connectivity index (χ4v) is 3.93. The Hall–Kier alpha value is -2.42. The summed E-state index contributed by atoms with van der Waals surface area (Å²) in [6.45, 7) is 7.34. The van der Waals surface area contributed by atoms with Gasteiger partial charge in [0.2, 0.25) is 0 Å². The Balaban J connectivity index is 1.65. The summed E-state index contributed by atoms with van der Waals surface area (Å²) in [7, 11) is 0. The molecule has 0 bridgehead atoms. The lowest BCUT2D eigenvalue weighted by molar-refractivity contribution is -0.139. The van der Waals surface area contributed by atoms with E-state index in [0.717, 1.165) is 38.2 Å². The van der Waals surface area contributed by atoms with Gasteiger partial charge in [-0.2, -0.15) is 13.2 Å². The number of likely N-dealkylation sites (tertiary alicyclic amines) is 1. The van der Waals surface area contributed by atoms with Gasteiger partial charge in [-0.25, -0.2) is 9.18 Å². The van der Waals surface area contributed by atoms with Crippen LogP contribution in [0, 0.1) is 11.7 Å². The van der Waals surface area contributed by atoms with Crippen LogP contribution in [0.15, 0.2) is 34.8 Å². The highest BCUT2D eigenvalue weighted by Crippen LogP contribution is 2.34. The Kier molecular flexibility index (Phi) is 6.80. The molecule has 1 fully saturated rings. The maximum Gasteiger partial charge on any atom is 0.419 e. The molecular formula is C21H26F4N4O. The number of hydrogen-bond acceptors (Lipinski definition) is 3. The molecule has 0 radical (unpaired) electrons. The molecule has 2 aliphatic heterocycles. The van der Waals surface area contributed by atoms with E-state index in [1.165, 1.54) is 5.57 Å². The van der Waals surface area contributed by atoms with Crippen LogP contribution in [0.3, 0.4) is 0 Å². The van der Waals surface area contributed by atoms with Crippen molar-refractivity contribution in [3.05, 3.63) is 41.2 Å². The van der Waals surface area contributed by atoms with Gasteiger partial charge in [0, 0.05) is 45.0 Å². The number of urea groups is 1. The Morgan fingerprint density at radius 2 is 2.13 bits per heavy atom. The van der Waals surface area contributed by atoms with Gasteiger partial charge in [-0.1, -0.05) is 18.6 Å². The van der Waals surface area contributed by atoms with Crippen LogP contribution in [0.25, 0.3) is 0 Å². The number of hydrogen-bond donors (Lipinski definition) is 1. The monoisotopic (exact) mass is 426 g/mol. The van der Waals surface area contributed by atoms with Crippen LogP contribution >= 0.6 is 0 Å². The number of dihydropyridines is 1. The number of allylic oxidation sites excluding steroid dienone is 1. The number of carbonyl (C=O) groups excluding carboxylic acids is 1. The smallest absolute Gasteiger partial charge is 0.320 e. The van der Waals surface area contributed by atoms with Gasteiger partial charge < -0.3 is 10.2 Å². The summed E-state index contributed by atoms with van der Waals surface area (Å²) in [5, 5.41) is 2.32. The highest BCUT2D eigenvalue weighted by molar-refractivity contribution is 5.89. The van der Waals surface area contributed by atoms with Gasteiger partial charge in [-0.15, -0.1) is 0 Å². The summed E-state index contributed by atoms with van der Waals surface area (Å²) in [4.78, 5) is 20.8. The Labute approximate surface area is 173 Å². The zero-order valence-electron chi connectivity index (χ0n) is 17.0. The van der Waals surface area contributed by atoms with Crippen molar-refractivity contribution >= 4 is 17.9 Å². The molecule has 0 aromatic heterocycles. The maximum atomic E-state index is 14.3. The Morgan fingerprint density at radius 3 is 2.80 bits per heavy atom. The minimum absolute atomic E-state index is 0.0861. The van der Waals surface area contributed by atoms with Crippen molar-refractivity contribution in [1.29, 1.82) is 0 Å². The van der Waals surface area contributed by atoms with Crippen molar-refractivity contribution in [2.75, 3.05) is 38.0 Å². The number of nitrogens with zero attached hydrogens (tertiary/aromatic N) is 3. The molecule has 5 nitrogen and oxygen atoms in total. The third kappa shape index (κ3) is 5.00. The molecule has 1 saturated heterocycles. The highest BCUT2D eigenvalue weighted by Gasteiger charge is 2.36. The standard InChI is InChI=1S/C21H26F4N4O/c1-3-29(16-8-10-28(13-16)12-15-7-9-26-11-14(15)2)20(30)27-18-6-4-5-17(19(18)22)21(23,24)25/h4-7,9,14,16H,3,8,10-13H2,1-2H3,(H,27,30). The predicted molar refractivity (Wildman–Crippen MR) is 108 cm³/mol. The number of nitrogens with one attached hydrogen (secondary N) is 1. The van der Waals surface area contributed by atoms with Gasteiger partial charge >= 0.3 is 12.2 Å². The van der Waals surface area contributed by atoms with E-state index in [1.54, 1.807) is 11.8 Å². The first-order valence-electron chi connectivity index (χ1n) is 10.0. The average Bonchev–Trinajstić information content (AvgIpc) is 3.13. The van der Waals surface area contributed by atoms with Crippen LogP contribution < -0.4 is 5.32 Å². The second-order valence-corrected chi connectivity index (χ2v) is 7.72. The van der Waals surface area contributed by atoms with Crippen LogP contribution in [0.5, 0.6) is 0 Å². The first-order valence-corrected chi connectivity index (χ1v) is 10.0. The van der Waals surface area contributed by atoms with Crippen molar-refractivity contribution < 1.29 is 22.4 Å². The number of amides is 2. The molecular weight excluding hydrogens is 400 g/mol. The van der Waals surface area contributed by atoms with Gasteiger partial charge in [0.25, 0.3) is 0 Å². The van der Waals surface area contributed by atoms with Gasteiger partial charge in [0.05, 0.1) is 11.3 Å². The van der Waals surface area contributed by atoms with Crippen molar-refractivity contribution in [2.24, 2.45) is 10.9 Å². The lowest BCUT2D eigenvalue weighted by Crippen LogP contribution is -2.44. The van der Waals surface area contributed by atoms with E-state index in [4.69, 9.17) is 0 Å². The van der Waals surface area contributed by atoms with E-state index in [2.05, 4.69) is 22.1 Å². The topological polar surface area (TPSA) is 47.9 Å². The second kappa shape index (κ2) is 9.16. The molecule has 0 spiro atoms. The SMILES string of the molecule is CCN(C(=O)Nc1cccc(C(F)(F)F)c1F)C1CCN(CC2=CC=NCC2C)C1. The molecule has 9 heteroatoms. The first-order chi connectivity index (χ1) is 14.2. The van der Waals surface area contributed by atoms with E-state index >= 15 is 0 Å². The molecule has 164 valence electrons. The van der Waals surface area contributed by atoms with Gasteiger partial charge in [0.1, 0.15) is 0 Å². The summed E-state index contributed by atoms with van der Waals surface area (Å²) >= 11 is 0. The van der Waals surface area contributed by atoms with Gasteiger partial charge in [0.15, 0.2) is 5.82 Å². The summed E-state index contributed by atoms with van der Waals surface area (Å²) in [5.74, 6) is -1.09. The largest absolute Gasteiger partial charge is 0.419 e. The van der Waals surface area contributed by atoms with Gasteiger partial charge in [-0.05, 0) is 37.5 Å². The van der Waals surface area contributed by atoms with E-state index in [0.29, 0.717) is 25.1 Å². The summed E-state index contributed by atoms with van der Waals surface area (Å²) in [6.07, 6.45) is -0.223. The van der Waals surface area contributed by atoms with E-state index in [9.17, 15) is 22.4 Å². The van der Waals surface area contributed by atoms with Crippen LogP contribution in [0.1, 0.15) is 25.8 Å². The fourth-order valence-electron chi connectivity index (χ4n) is 3.93. The summed E-state index contributed by atoms with van der Waals surface area (Å²) in [6, 6.07) is 2.19. The molecule has 0 saturated carbocycles. The predicted octanol–water partition coefficient (Wildman–Crippen LogP) is 4.42. The third-order valence-electron chi connectivity index (χ3n) is 5.65. The minimum Gasteiger partial charge on any atom is -0.320 e. The third-order valence-corrected chi connectivity index (χ3v) is 5.65. The Bertz CT molecular complexity index is 837. The number of aliphatic imine (C=N–C) groups is 1. The molecule has 2 atom stereocenters. The number of likely N-dealkylation sites (N-methyl/N-ethyl adjacent to an activating group) is 1. The fraction of sp³-hybridized carbons (Fsp3) is 0.524.